The molecule has 1 aliphatic rings. The molecule has 0 saturated heterocycles. The summed E-state index contributed by atoms with van der Waals surface area (Å²) in [6.07, 6.45) is 3.02. The topological polar surface area (TPSA) is 16.1 Å². The summed E-state index contributed by atoms with van der Waals surface area (Å²) in [5.41, 5.74) is 2.70. The molecule has 0 spiro atoms. The van der Waals surface area contributed by atoms with Crippen molar-refractivity contribution in [2.75, 3.05) is 11.4 Å². The standard InChI is InChI=1S/C13H13BrN2S/c1-9-2-5-15-13(12(9)14)16-6-3-11-10(8-16)4-7-17-11/h2,4-5,7H,3,6,8H2,1H3. The van der Waals surface area contributed by atoms with Crippen molar-refractivity contribution >= 4 is 33.1 Å². The van der Waals surface area contributed by atoms with Gasteiger partial charge in [0.2, 0.25) is 0 Å². The van der Waals surface area contributed by atoms with Gasteiger partial charge in [-0.2, -0.15) is 0 Å². The first kappa shape index (κ1) is 11.2. The van der Waals surface area contributed by atoms with E-state index in [4.69, 9.17) is 0 Å². The second-order valence-corrected chi connectivity index (χ2v) is 6.10. The second-order valence-electron chi connectivity index (χ2n) is 4.31. The van der Waals surface area contributed by atoms with Gasteiger partial charge in [-0.05, 0) is 57.9 Å². The highest BCUT2D eigenvalue weighted by Crippen LogP contribution is 2.32. The molecule has 1 aliphatic heterocycles. The van der Waals surface area contributed by atoms with Crippen LogP contribution in [-0.4, -0.2) is 11.5 Å². The Kier molecular flexibility index (Phi) is 2.92. The lowest BCUT2D eigenvalue weighted by Crippen LogP contribution is -2.30. The third-order valence-corrected chi connectivity index (χ3v) is 5.17. The summed E-state index contributed by atoms with van der Waals surface area (Å²) >= 11 is 5.52. The number of halogens is 1. The fraction of sp³-hybridized carbons (Fsp3) is 0.308. The summed E-state index contributed by atoms with van der Waals surface area (Å²) < 4.78 is 1.12. The van der Waals surface area contributed by atoms with Crippen LogP contribution in [0.25, 0.3) is 0 Å². The molecule has 2 aromatic rings. The Balaban J connectivity index is 1.94. The Morgan fingerprint density at radius 3 is 3.18 bits per heavy atom. The maximum absolute atomic E-state index is 4.50. The van der Waals surface area contributed by atoms with E-state index in [1.54, 1.807) is 0 Å². The lowest BCUT2D eigenvalue weighted by molar-refractivity contribution is 0.729. The maximum atomic E-state index is 4.50. The van der Waals surface area contributed by atoms with E-state index in [0.717, 1.165) is 29.8 Å². The second kappa shape index (κ2) is 4.42. The molecular weight excluding hydrogens is 296 g/mol. The normalized spacial score (nSPS) is 14.8. The fourth-order valence-electron chi connectivity index (χ4n) is 2.18. The average Bonchev–Trinajstić information content (AvgIpc) is 2.79. The van der Waals surface area contributed by atoms with E-state index in [1.165, 1.54) is 16.0 Å². The Labute approximate surface area is 113 Å². The Hall–Kier alpha value is -0.870. The monoisotopic (exact) mass is 308 g/mol. The van der Waals surface area contributed by atoms with Crippen LogP contribution in [0.4, 0.5) is 5.82 Å². The molecule has 2 nitrogen and oxygen atoms in total. The van der Waals surface area contributed by atoms with Crippen molar-refractivity contribution in [3.63, 3.8) is 0 Å². The van der Waals surface area contributed by atoms with Crippen LogP contribution >= 0.6 is 27.3 Å². The molecule has 2 aromatic heterocycles. The van der Waals surface area contributed by atoms with Crippen molar-refractivity contribution in [3.05, 3.63) is 44.2 Å². The van der Waals surface area contributed by atoms with Gasteiger partial charge in [0.25, 0.3) is 0 Å². The number of fused-ring (bicyclic) bond motifs is 1. The number of pyridine rings is 1. The molecule has 4 heteroatoms. The van der Waals surface area contributed by atoms with E-state index in [2.05, 4.69) is 44.2 Å². The third-order valence-electron chi connectivity index (χ3n) is 3.17. The highest BCUT2D eigenvalue weighted by atomic mass is 79.9. The van der Waals surface area contributed by atoms with Gasteiger partial charge in [-0.25, -0.2) is 4.98 Å². The number of aromatic nitrogens is 1. The molecule has 0 unspecified atom stereocenters. The molecule has 0 bridgehead atoms. The number of thiophene rings is 1. The predicted molar refractivity (Wildman–Crippen MR) is 75.7 cm³/mol. The van der Waals surface area contributed by atoms with Crippen molar-refractivity contribution in [2.45, 2.75) is 19.9 Å². The van der Waals surface area contributed by atoms with E-state index < -0.39 is 0 Å². The molecule has 0 atom stereocenters. The van der Waals surface area contributed by atoms with Gasteiger partial charge in [0.1, 0.15) is 5.82 Å². The molecule has 0 N–H and O–H groups in total. The molecule has 0 aromatic carbocycles. The van der Waals surface area contributed by atoms with E-state index >= 15 is 0 Å². The van der Waals surface area contributed by atoms with Crippen LogP contribution in [0.3, 0.4) is 0 Å². The molecule has 0 radical (unpaired) electrons. The molecule has 17 heavy (non-hydrogen) atoms. The van der Waals surface area contributed by atoms with Crippen LogP contribution in [0.5, 0.6) is 0 Å². The number of hydrogen-bond donors (Lipinski definition) is 0. The average molecular weight is 309 g/mol. The summed E-state index contributed by atoms with van der Waals surface area (Å²) in [6, 6.07) is 4.27. The summed E-state index contributed by atoms with van der Waals surface area (Å²) in [7, 11) is 0. The largest absolute Gasteiger partial charge is 0.351 e. The summed E-state index contributed by atoms with van der Waals surface area (Å²) in [6.45, 7) is 4.14. The SMILES string of the molecule is Cc1ccnc(N2CCc3sccc3C2)c1Br. The van der Waals surface area contributed by atoms with Crippen LogP contribution in [0.2, 0.25) is 0 Å². The highest BCUT2D eigenvalue weighted by molar-refractivity contribution is 9.10. The maximum Gasteiger partial charge on any atom is 0.143 e. The summed E-state index contributed by atoms with van der Waals surface area (Å²) in [4.78, 5) is 8.39. The quantitative estimate of drug-likeness (QED) is 0.797. The van der Waals surface area contributed by atoms with Crippen LogP contribution in [0.15, 0.2) is 28.2 Å². The summed E-state index contributed by atoms with van der Waals surface area (Å²) in [5, 5.41) is 2.19. The van der Waals surface area contributed by atoms with Gasteiger partial charge in [-0.1, -0.05) is 0 Å². The Morgan fingerprint density at radius 2 is 2.29 bits per heavy atom. The smallest absolute Gasteiger partial charge is 0.143 e. The predicted octanol–water partition coefficient (Wildman–Crippen LogP) is 3.78. The van der Waals surface area contributed by atoms with Gasteiger partial charge in [-0.15, -0.1) is 11.3 Å². The lowest BCUT2D eigenvalue weighted by Gasteiger charge is -2.29. The zero-order valence-electron chi connectivity index (χ0n) is 9.61. The van der Waals surface area contributed by atoms with Gasteiger partial charge >= 0.3 is 0 Å². The number of nitrogens with zero attached hydrogens (tertiary/aromatic N) is 2. The van der Waals surface area contributed by atoms with Crippen molar-refractivity contribution < 1.29 is 0 Å². The van der Waals surface area contributed by atoms with Crippen LogP contribution < -0.4 is 4.90 Å². The lowest BCUT2D eigenvalue weighted by atomic mass is 10.1. The van der Waals surface area contributed by atoms with E-state index in [9.17, 15) is 0 Å². The number of rotatable bonds is 1. The first-order valence-corrected chi connectivity index (χ1v) is 7.34. The highest BCUT2D eigenvalue weighted by Gasteiger charge is 2.20. The van der Waals surface area contributed by atoms with Gasteiger partial charge in [0, 0.05) is 24.2 Å². The van der Waals surface area contributed by atoms with Crippen molar-refractivity contribution in [1.29, 1.82) is 0 Å². The van der Waals surface area contributed by atoms with E-state index in [0.29, 0.717) is 0 Å². The molecule has 88 valence electrons. The van der Waals surface area contributed by atoms with Gasteiger partial charge in [0.15, 0.2) is 0 Å². The van der Waals surface area contributed by atoms with Crippen LogP contribution in [-0.2, 0) is 13.0 Å². The van der Waals surface area contributed by atoms with E-state index in [1.807, 2.05) is 23.6 Å². The van der Waals surface area contributed by atoms with Crippen LogP contribution in [0.1, 0.15) is 16.0 Å². The summed E-state index contributed by atoms with van der Waals surface area (Å²) in [5.74, 6) is 1.07. The van der Waals surface area contributed by atoms with Gasteiger partial charge < -0.3 is 4.90 Å². The molecule has 3 heterocycles. The van der Waals surface area contributed by atoms with E-state index in [-0.39, 0.29) is 0 Å². The van der Waals surface area contributed by atoms with Crippen molar-refractivity contribution in [2.24, 2.45) is 0 Å². The minimum Gasteiger partial charge on any atom is -0.351 e. The minimum atomic E-state index is 0.980. The molecule has 3 rings (SSSR count). The van der Waals surface area contributed by atoms with Gasteiger partial charge in [-0.3, -0.25) is 0 Å². The molecule has 0 saturated carbocycles. The Morgan fingerprint density at radius 1 is 1.41 bits per heavy atom. The number of anilines is 1. The molecule has 0 amide bonds. The zero-order valence-corrected chi connectivity index (χ0v) is 12.0. The molecular formula is C13H13BrN2S. The Bertz CT molecular complexity index is 550. The molecule has 0 fully saturated rings. The van der Waals surface area contributed by atoms with Crippen molar-refractivity contribution in [1.82, 2.24) is 4.98 Å². The number of aryl methyl sites for hydroxylation is 1. The first-order valence-electron chi connectivity index (χ1n) is 5.67. The number of hydrogen-bond acceptors (Lipinski definition) is 3. The van der Waals surface area contributed by atoms with Crippen molar-refractivity contribution in [3.8, 4) is 0 Å². The zero-order chi connectivity index (χ0) is 11.8. The van der Waals surface area contributed by atoms with Crippen LogP contribution in [0, 0.1) is 6.92 Å². The fourth-order valence-corrected chi connectivity index (χ4v) is 3.55. The third kappa shape index (κ3) is 2.00. The molecule has 0 aliphatic carbocycles. The first-order chi connectivity index (χ1) is 8.25. The van der Waals surface area contributed by atoms with Gasteiger partial charge in [0.05, 0.1) is 4.47 Å². The minimum absolute atomic E-state index is 0.980.